The molecule has 1 aromatic carbocycles. The molecule has 2 aliphatic heterocycles. The Morgan fingerprint density at radius 1 is 1.33 bits per heavy atom. The van der Waals surface area contributed by atoms with Gasteiger partial charge in [-0.25, -0.2) is 0 Å². The highest BCUT2D eigenvalue weighted by atomic mass is 35.5. The number of rotatable bonds is 2. The fourth-order valence-corrected chi connectivity index (χ4v) is 3.97. The van der Waals surface area contributed by atoms with Crippen molar-refractivity contribution in [2.24, 2.45) is 0 Å². The van der Waals surface area contributed by atoms with E-state index >= 15 is 0 Å². The SMILES string of the molecule is Cl.O=C(CC1CSCCN1)N1CCCCc2ccccc21. The van der Waals surface area contributed by atoms with Crippen LogP contribution in [0.4, 0.5) is 5.69 Å². The summed E-state index contributed by atoms with van der Waals surface area (Å²) in [4.78, 5) is 14.7. The van der Waals surface area contributed by atoms with Gasteiger partial charge in [-0.2, -0.15) is 11.8 Å². The number of nitrogens with zero attached hydrogens (tertiary/aromatic N) is 1. The lowest BCUT2D eigenvalue weighted by Crippen LogP contribution is -2.43. The number of para-hydroxylation sites is 1. The van der Waals surface area contributed by atoms with E-state index in [1.807, 2.05) is 22.7 Å². The smallest absolute Gasteiger partial charge is 0.228 e. The van der Waals surface area contributed by atoms with E-state index < -0.39 is 0 Å². The Morgan fingerprint density at radius 3 is 3.00 bits per heavy atom. The number of thioether (sulfide) groups is 1. The zero-order chi connectivity index (χ0) is 13.8. The van der Waals surface area contributed by atoms with Crippen molar-refractivity contribution in [2.75, 3.05) is 29.5 Å². The summed E-state index contributed by atoms with van der Waals surface area (Å²) in [5.41, 5.74) is 2.46. The molecule has 5 heteroatoms. The number of aryl methyl sites for hydroxylation is 1. The first-order valence-electron chi connectivity index (χ1n) is 7.54. The van der Waals surface area contributed by atoms with E-state index in [1.54, 1.807) is 0 Å². The summed E-state index contributed by atoms with van der Waals surface area (Å²) >= 11 is 1.95. The first-order valence-corrected chi connectivity index (χ1v) is 8.69. The number of carbonyl (C=O) groups is 1. The maximum Gasteiger partial charge on any atom is 0.228 e. The molecule has 0 radical (unpaired) electrons. The van der Waals surface area contributed by atoms with E-state index in [-0.39, 0.29) is 18.3 Å². The summed E-state index contributed by atoms with van der Waals surface area (Å²) in [7, 11) is 0. The number of halogens is 1. The van der Waals surface area contributed by atoms with E-state index in [0.29, 0.717) is 12.5 Å². The van der Waals surface area contributed by atoms with Gasteiger partial charge in [0.15, 0.2) is 0 Å². The minimum atomic E-state index is 0. The summed E-state index contributed by atoms with van der Waals surface area (Å²) in [5, 5.41) is 3.46. The maximum absolute atomic E-state index is 12.7. The Morgan fingerprint density at radius 2 is 2.19 bits per heavy atom. The lowest BCUT2D eigenvalue weighted by Gasteiger charge is -2.27. The normalized spacial score (nSPS) is 21.9. The molecule has 0 bridgehead atoms. The molecule has 0 spiro atoms. The third-order valence-corrected chi connectivity index (χ3v) is 5.21. The maximum atomic E-state index is 12.7. The molecule has 1 saturated heterocycles. The average Bonchev–Trinajstić information content (AvgIpc) is 2.70. The van der Waals surface area contributed by atoms with E-state index in [4.69, 9.17) is 0 Å². The Kier molecular flexibility index (Phi) is 6.40. The van der Waals surface area contributed by atoms with Crippen molar-refractivity contribution in [3.8, 4) is 0 Å². The summed E-state index contributed by atoms with van der Waals surface area (Å²) in [6, 6.07) is 8.72. The van der Waals surface area contributed by atoms with E-state index in [1.165, 1.54) is 12.0 Å². The minimum absolute atomic E-state index is 0. The molecule has 0 aliphatic carbocycles. The van der Waals surface area contributed by atoms with E-state index in [9.17, 15) is 4.79 Å². The molecule has 2 heterocycles. The molecule has 1 unspecified atom stereocenters. The second-order valence-electron chi connectivity index (χ2n) is 5.56. The van der Waals surface area contributed by atoms with Crippen LogP contribution in [0.3, 0.4) is 0 Å². The van der Waals surface area contributed by atoms with Gasteiger partial charge in [-0.1, -0.05) is 18.2 Å². The van der Waals surface area contributed by atoms with Crippen molar-refractivity contribution < 1.29 is 4.79 Å². The van der Waals surface area contributed by atoms with Gasteiger partial charge in [0.25, 0.3) is 0 Å². The van der Waals surface area contributed by atoms with Gasteiger partial charge < -0.3 is 10.2 Å². The van der Waals surface area contributed by atoms with Crippen LogP contribution in [-0.2, 0) is 11.2 Å². The molecule has 1 fully saturated rings. The minimum Gasteiger partial charge on any atom is -0.312 e. The van der Waals surface area contributed by atoms with Crippen LogP contribution >= 0.6 is 24.2 Å². The van der Waals surface area contributed by atoms with Crippen molar-refractivity contribution in [3.05, 3.63) is 29.8 Å². The van der Waals surface area contributed by atoms with Crippen molar-refractivity contribution in [1.82, 2.24) is 5.32 Å². The molecule has 3 nitrogen and oxygen atoms in total. The molecular formula is C16H23ClN2OS. The van der Waals surface area contributed by atoms with Gasteiger partial charge in [-0.15, -0.1) is 12.4 Å². The van der Waals surface area contributed by atoms with Crippen LogP contribution in [0.25, 0.3) is 0 Å². The molecule has 2 aliphatic rings. The van der Waals surface area contributed by atoms with Crippen LogP contribution in [0.15, 0.2) is 24.3 Å². The third kappa shape index (κ3) is 4.15. The first-order chi connectivity index (χ1) is 9.84. The highest BCUT2D eigenvalue weighted by Gasteiger charge is 2.24. The predicted molar refractivity (Wildman–Crippen MR) is 92.7 cm³/mol. The highest BCUT2D eigenvalue weighted by molar-refractivity contribution is 7.99. The number of hydrogen-bond acceptors (Lipinski definition) is 3. The fraction of sp³-hybridized carbons (Fsp3) is 0.562. The summed E-state index contributed by atoms with van der Waals surface area (Å²) in [6.45, 7) is 1.90. The summed E-state index contributed by atoms with van der Waals surface area (Å²) < 4.78 is 0. The molecule has 3 rings (SSSR count). The number of hydrogen-bond donors (Lipinski definition) is 1. The summed E-state index contributed by atoms with van der Waals surface area (Å²) in [6.07, 6.45) is 4.00. The lowest BCUT2D eigenvalue weighted by atomic mass is 10.1. The van der Waals surface area contributed by atoms with Gasteiger partial charge >= 0.3 is 0 Å². The van der Waals surface area contributed by atoms with Gasteiger partial charge in [-0.05, 0) is 30.9 Å². The Bertz CT molecular complexity index is 477. The topological polar surface area (TPSA) is 32.3 Å². The van der Waals surface area contributed by atoms with Gasteiger partial charge in [0.2, 0.25) is 5.91 Å². The molecule has 0 saturated carbocycles. The molecule has 21 heavy (non-hydrogen) atoms. The number of fused-ring (bicyclic) bond motifs is 1. The van der Waals surface area contributed by atoms with Crippen LogP contribution in [-0.4, -0.2) is 36.5 Å². The van der Waals surface area contributed by atoms with E-state index in [0.717, 1.165) is 43.1 Å². The van der Waals surface area contributed by atoms with Gasteiger partial charge in [0, 0.05) is 42.7 Å². The zero-order valence-corrected chi connectivity index (χ0v) is 13.8. The average molecular weight is 327 g/mol. The Labute approximate surface area is 137 Å². The molecule has 0 aromatic heterocycles. The van der Waals surface area contributed by atoms with Crippen LogP contribution < -0.4 is 10.2 Å². The second kappa shape index (κ2) is 8.06. The lowest BCUT2D eigenvalue weighted by molar-refractivity contribution is -0.119. The van der Waals surface area contributed by atoms with Crippen molar-refractivity contribution >= 4 is 35.8 Å². The van der Waals surface area contributed by atoms with E-state index in [2.05, 4.69) is 23.5 Å². The fourth-order valence-electron chi connectivity index (χ4n) is 3.02. The highest BCUT2D eigenvalue weighted by Crippen LogP contribution is 2.27. The third-order valence-electron chi connectivity index (χ3n) is 4.08. The monoisotopic (exact) mass is 326 g/mol. The van der Waals surface area contributed by atoms with Crippen LogP contribution in [0, 0.1) is 0 Å². The standard InChI is InChI=1S/C16H22N2OS.ClH/c19-16(11-14-12-20-10-8-17-14)18-9-4-3-6-13-5-1-2-7-15(13)18;/h1-2,5,7,14,17H,3-4,6,8-12H2;1H. The van der Waals surface area contributed by atoms with Crippen LogP contribution in [0.2, 0.25) is 0 Å². The molecule has 1 atom stereocenters. The van der Waals surface area contributed by atoms with Crippen molar-refractivity contribution in [1.29, 1.82) is 0 Å². The van der Waals surface area contributed by atoms with Gasteiger partial charge in [-0.3, -0.25) is 4.79 Å². The number of benzene rings is 1. The largest absolute Gasteiger partial charge is 0.312 e. The molecule has 116 valence electrons. The second-order valence-corrected chi connectivity index (χ2v) is 6.71. The number of carbonyl (C=O) groups excluding carboxylic acids is 1. The molecule has 1 amide bonds. The zero-order valence-electron chi connectivity index (χ0n) is 12.2. The quantitative estimate of drug-likeness (QED) is 0.907. The predicted octanol–water partition coefficient (Wildman–Crippen LogP) is 2.87. The Hall–Kier alpha value is -0.710. The van der Waals surface area contributed by atoms with Gasteiger partial charge in [0.05, 0.1) is 0 Å². The number of nitrogens with one attached hydrogen (secondary N) is 1. The molecule has 1 N–H and O–H groups in total. The molecular weight excluding hydrogens is 304 g/mol. The summed E-state index contributed by atoms with van der Waals surface area (Å²) in [5.74, 6) is 2.50. The van der Waals surface area contributed by atoms with Crippen LogP contribution in [0.5, 0.6) is 0 Å². The first kappa shape index (κ1) is 16.7. The number of amides is 1. The van der Waals surface area contributed by atoms with Crippen molar-refractivity contribution in [2.45, 2.75) is 31.7 Å². The number of anilines is 1. The molecule has 1 aromatic rings. The van der Waals surface area contributed by atoms with Crippen molar-refractivity contribution in [3.63, 3.8) is 0 Å². The van der Waals surface area contributed by atoms with Crippen LogP contribution in [0.1, 0.15) is 24.8 Å². The van der Waals surface area contributed by atoms with Gasteiger partial charge in [0.1, 0.15) is 0 Å². The Balaban J connectivity index is 0.00000161.